The topological polar surface area (TPSA) is 64.0 Å². The van der Waals surface area contributed by atoms with Crippen LogP contribution in [-0.4, -0.2) is 27.0 Å². The molecule has 0 spiro atoms. The summed E-state index contributed by atoms with van der Waals surface area (Å²) in [7, 11) is 0. The molecule has 1 aliphatic rings. The van der Waals surface area contributed by atoms with Gasteiger partial charge in [0.2, 0.25) is 5.91 Å². The molecule has 0 atom stereocenters. The molecule has 1 aliphatic heterocycles. The van der Waals surface area contributed by atoms with Crippen LogP contribution in [0.2, 0.25) is 0 Å². The highest BCUT2D eigenvalue weighted by atomic mass is 32.2. The Balaban J connectivity index is 1.50. The number of aromatic nitrogens is 2. The highest BCUT2D eigenvalue weighted by molar-refractivity contribution is 7.99. The van der Waals surface area contributed by atoms with E-state index >= 15 is 0 Å². The van der Waals surface area contributed by atoms with Gasteiger partial charge in [-0.15, -0.1) is 0 Å². The standard InChI is InChI=1S/C22H21N3O2S/c1-14-4-3-5-19(15(14)2)25-11-10-23-22(25)28-13-20(26)17-6-8-18-16(12-17)7-9-21(27)24-18/h3-6,8,10-12H,7,9,13H2,1-2H3,(H,24,27). The number of hydrogen-bond donors (Lipinski definition) is 1. The van der Waals surface area contributed by atoms with Crippen LogP contribution in [0.25, 0.3) is 5.69 Å². The fraction of sp³-hybridized carbons (Fsp3) is 0.227. The Morgan fingerprint density at radius 1 is 1.21 bits per heavy atom. The molecule has 0 radical (unpaired) electrons. The molecular weight excluding hydrogens is 370 g/mol. The van der Waals surface area contributed by atoms with Crippen molar-refractivity contribution in [1.29, 1.82) is 0 Å². The number of amides is 1. The van der Waals surface area contributed by atoms with Gasteiger partial charge in [-0.2, -0.15) is 0 Å². The van der Waals surface area contributed by atoms with E-state index in [1.165, 1.54) is 22.9 Å². The average Bonchev–Trinajstić information content (AvgIpc) is 3.16. The van der Waals surface area contributed by atoms with E-state index < -0.39 is 0 Å². The maximum atomic E-state index is 12.7. The predicted octanol–water partition coefficient (Wildman–Crippen LogP) is 4.35. The zero-order chi connectivity index (χ0) is 19.7. The van der Waals surface area contributed by atoms with Gasteiger partial charge >= 0.3 is 0 Å². The number of aryl methyl sites for hydroxylation is 2. The number of fused-ring (bicyclic) bond motifs is 1. The third-order valence-corrected chi connectivity index (χ3v) is 6.06. The van der Waals surface area contributed by atoms with Crippen molar-refractivity contribution in [2.45, 2.75) is 31.8 Å². The lowest BCUT2D eigenvalue weighted by molar-refractivity contribution is -0.116. The highest BCUT2D eigenvalue weighted by Crippen LogP contribution is 2.27. The lowest BCUT2D eigenvalue weighted by Crippen LogP contribution is -2.19. The van der Waals surface area contributed by atoms with Gasteiger partial charge in [-0.1, -0.05) is 23.9 Å². The highest BCUT2D eigenvalue weighted by Gasteiger charge is 2.17. The summed E-state index contributed by atoms with van der Waals surface area (Å²) in [5.41, 5.74) is 6.01. The van der Waals surface area contributed by atoms with Crippen molar-refractivity contribution in [2.24, 2.45) is 0 Å². The number of imidazole rings is 1. The molecule has 6 heteroatoms. The van der Waals surface area contributed by atoms with Crippen molar-refractivity contribution >= 4 is 29.1 Å². The summed E-state index contributed by atoms with van der Waals surface area (Å²) in [5, 5.41) is 3.65. The molecule has 1 amide bonds. The summed E-state index contributed by atoms with van der Waals surface area (Å²) in [6.07, 6.45) is 4.82. The molecule has 2 aromatic carbocycles. The van der Waals surface area contributed by atoms with E-state index in [2.05, 4.69) is 36.3 Å². The maximum Gasteiger partial charge on any atom is 0.224 e. The number of carbonyl (C=O) groups excluding carboxylic acids is 2. The van der Waals surface area contributed by atoms with Gasteiger partial charge in [-0.3, -0.25) is 14.2 Å². The van der Waals surface area contributed by atoms with Gasteiger partial charge < -0.3 is 5.32 Å². The van der Waals surface area contributed by atoms with Crippen molar-refractivity contribution in [3.8, 4) is 5.69 Å². The number of thioether (sulfide) groups is 1. The molecule has 0 saturated carbocycles. The normalized spacial score (nSPS) is 13.1. The summed E-state index contributed by atoms with van der Waals surface area (Å²) < 4.78 is 2.03. The average molecular weight is 391 g/mol. The third kappa shape index (κ3) is 3.60. The minimum Gasteiger partial charge on any atom is -0.326 e. The zero-order valence-corrected chi connectivity index (χ0v) is 16.7. The van der Waals surface area contributed by atoms with Gasteiger partial charge in [0.25, 0.3) is 0 Å². The van der Waals surface area contributed by atoms with Crippen LogP contribution in [0.15, 0.2) is 53.9 Å². The summed E-state index contributed by atoms with van der Waals surface area (Å²) in [6, 6.07) is 11.7. The quantitative estimate of drug-likeness (QED) is 0.519. The SMILES string of the molecule is Cc1cccc(-n2ccnc2SCC(=O)c2ccc3c(c2)CCC(=O)N3)c1C. The zero-order valence-electron chi connectivity index (χ0n) is 15.9. The van der Waals surface area contributed by atoms with E-state index in [4.69, 9.17) is 0 Å². The first-order chi connectivity index (χ1) is 13.5. The fourth-order valence-electron chi connectivity index (χ4n) is 3.35. The Kier molecular flexibility index (Phi) is 5.05. The first-order valence-corrected chi connectivity index (χ1v) is 10.2. The predicted molar refractivity (Wildman–Crippen MR) is 111 cm³/mol. The molecule has 0 unspecified atom stereocenters. The van der Waals surface area contributed by atoms with Crippen LogP contribution < -0.4 is 5.32 Å². The van der Waals surface area contributed by atoms with Crippen LogP contribution in [0.4, 0.5) is 5.69 Å². The number of nitrogens with one attached hydrogen (secondary N) is 1. The number of rotatable bonds is 5. The molecule has 0 bridgehead atoms. The Labute approximate surface area is 168 Å². The van der Waals surface area contributed by atoms with Crippen LogP contribution >= 0.6 is 11.8 Å². The number of ketones is 1. The minimum atomic E-state index is 0.0282. The van der Waals surface area contributed by atoms with E-state index in [1.54, 1.807) is 12.3 Å². The van der Waals surface area contributed by atoms with Crippen LogP contribution in [0.5, 0.6) is 0 Å². The summed E-state index contributed by atoms with van der Waals surface area (Å²) in [5.74, 6) is 0.396. The molecular formula is C22H21N3O2S. The van der Waals surface area contributed by atoms with Crippen LogP contribution in [0.3, 0.4) is 0 Å². The Morgan fingerprint density at radius 3 is 2.93 bits per heavy atom. The lowest BCUT2D eigenvalue weighted by Gasteiger charge is -2.17. The van der Waals surface area contributed by atoms with Gasteiger partial charge in [-0.05, 0) is 61.2 Å². The molecule has 2 heterocycles. The molecule has 0 saturated heterocycles. The van der Waals surface area contributed by atoms with E-state index in [-0.39, 0.29) is 11.7 Å². The number of benzene rings is 2. The molecule has 1 N–H and O–H groups in total. The largest absolute Gasteiger partial charge is 0.326 e. The second-order valence-corrected chi connectivity index (χ2v) is 7.87. The monoisotopic (exact) mass is 391 g/mol. The first-order valence-electron chi connectivity index (χ1n) is 9.21. The number of hydrogen-bond acceptors (Lipinski definition) is 4. The lowest BCUT2D eigenvalue weighted by atomic mass is 9.99. The molecule has 5 nitrogen and oxygen atoms in total. The van der Waals surface area contributed by atoms with Crippen LogP contribution in [-0.2, 0) is 11.2 Å². The number of nitrogens with zero attached hydrogens (tertiary/aromatic N) is 2. The second-order valence-electron chi connectivity index (χ2n) is 6.93. The maximum absolute atomic E-state index is 12.7. The fourth-order valence-corrected chi connectivity index (χ4v) is 4.21. The van der Waals surface area contributed by atoms with Crippen molar-refractivity contribution in [3.63, 3.8) is 0 Å². The van der Waals surface area contributed by atoms with Gasteiger partial charge in [0.1, 0.15) is 0 Å². The van der Waals surface area contributed by atoms with E-state index in [1.807, 2.05) is 29.0 Å². The van der Waals surface area contributed by atoms with Crippen LogP contribution in [0, 0.1) is 13.8 Å². The van der Waals surface area contributed by atoms with Crippen molar-refractivity contribution in [2.75, 3.05) is 11.1 Å². The van der Waals surface area contributed by atoms with Gasteiger partial charge in [-0.25, -0.2) is 4.98 Å². The Morgan fingerprint density at radius 2 is 2.07 bits per heavy atom. The van der Waals surface area contributed by atoms with Crippen molar-refractivity contribution in [3.05, 3.63) is 71.0 Å². The van der Waals surface area contributed by atoms with E-state index in [0.29, 0.717) is 24.2 Å². The summed E-state index contributed by atoms with van der Waals surface area (Å²) >= 11 is 1.44. The molecule has 28 heavy (non-hydrogen) atoms. The van der Waals surface area contributed by atoms with Crippen LogP contribution in [0.1, 0.15) is 33.5 Å². The number of Topliss-reactive ketones (excluding diaryl/α,β-unsaturated/α-hetero) is 1. The number of anilines is 1. The molecule has 0 fully saturated rings. The molecule has 0 aliphatic carbocycles. The smallest absolute Gasteiger partial charge is 0.224 e. The summed E-state index contributed by atoms with van der Waals surface area (Å²) in [6.45, 7) is 4.18. The van der Waals surface area contributed by atoms with Crippen molar-refractivity contribution < 1.29 is 9.59 Å². The minimum absolute atomic E-state index is 0.0282. The van der Waals surface area contributed by atoms with Crippen molar-refractivity contribution in [1.82, 2.24) is 9.55 Å². The van der Waals surface area contributed by atoms with Gasteiger partial charge in [0, 0.05) is 30.1 Å². The van der Waals surface area contributed by atoms with Gasteiger partial charge in [0.15, 0.2) is 10.9 Å². The van der Waals surface area contributed by atoms with E-state index in [0.717, 1.165) is 22.1 Å². The molecule has 4 rings (SSSR count). The molecule has 142 valence electrons. The Hall–Kier alpha value is -2.86. The Bertz CT molecular complexity index is 1070. The van der Waals surface area contributed by atoms with E-state index in [9.17, 15) is 9.59 Å². The number of carbonyl (C=O) groups is 2. The summed E-state index contributed by atoms with van der Waals surface area (Å²) in [4.78, 5) is 28.6. The second kappa shape index (κ2) is 7.64. The first kappa shape index (κ1) is 18.5. The molecule has 3 aromatic rings. The van der Waals surface area contributed by atoms with Gasteiger partial charge in [0.05, 0.1) is 11.4 Å². The molecule has 1 aromatic heterocycles. The third-order valence-electron chi connectivity index (χ3n) is 5.10.